The third kappa shape index (κ3) is 3.81. The van der Waals surface area contributed by atoms with Gasteiger partial charge in [-0.05, 0) is 48.9 Å². The van der Waals surface area contributed by atoms with Crippen molar-refractivity contribution >= 4 is 27.3 Å². The van der Waals surface area contributed by atoms with Crippen LogP contribution in [0.3, 0.4) is 0 Å². The molecule has 1 fully saturated rings. The second kappa shape index (κ2) is 8.09. The Morgan fingerprint density at radius 3 is 2.52 bits per heavy atom. The lowest BCUT2D eigenvalue weighted by Crippen LogP contribution is -2.49. The Hall–Kier alpha value is -1.89. The van der Waals surface area contributed by atoms with Crippen LogP contribution < -0.4 is 5.32 Å². The molecule has 2 aromatic carbocycles. The molecule has 1 atom stereocenters. The van der Waals surface area contributed by atoms with E-state index in [4.69, 9.17) is 16.3 Å². The molecule has 1 unspecified atom stereocenters. The van der Waals surface area contributed by atoms with Crippen LogP contribution in [0.5, 0.6) is 0 Å². The van der Waals surface area contributed by atoms with E-state index in [-0.39, 0.29) is 17.7 Å². The van der Waals surface area contributed by atoms with Gasteiger partial charge in [0.25, 0.3) is 0 Å². The molecule has 0 aliphatic carbocycles. The minimum atomic E-state index is -3.34. The molecule has 7 heteroatoms. The zero-order chi connectivity index (χ0) is 20.5. The van der Waals surface area contributed by atoms with Crippen molar-refractivity contribution in [2.45, 2.75) is 42.0 Å². The molecule has 0 spiro atoms. The van der Waals surface area contributed by atoms with Crippen molar-refractivity contribution in [1.82, 2.24) is 5.32 Å². The van der Waals surface area contributed by atoms with Crippen molar-refractivity contribution in [3.63, 3.8) is 0 Å². The largest absolute Gasteiger partial charge is 0.381 e. The van der Waals surface area contributed by atoms with Crippen molar-refractivity contribution in [3.8, 4) is 0 Å². The van der Waals surface area contributed by atoms with E-state index in [1.807, 2.05) is 24.3 Å². The number of nitrogens with one attached hydrogen (secondary N) is 1. The summed E-state index contributed by atoms with van der Waals surface area (Å²) < 4.78 is 30.7. The first-order chi connectivity index (χ1) is 13.9. The van der Waals surface area contributed by atoms with Crippen LogP contribution in [0, 0.1) is 0 Å². The number of carbonyl (C=O) groups excluding carboxylic acids is 1. The predicted octanol–water partition coefficient (Wildman–Crippen LogP) is 3.81. The van der Waals surface area contributed by atoms with E-state index in [1.165, 1.54) is 0 Å². The molecule has 2 aliphatic heterocycles. The third-order valence-corrected chi connectivity index (χ3v) is 8.21. The summed E-state index contributed by atoms with van der Waals surface area (Å²) in [4.78, 5) is 14.0. The third-order valence-electron chi connectivity index (χ3n) is 6.01. The molecule has 4 rings (SSSR count). The summed E-state index contributed by atoms with van der Waals surface area (Å²) in [5, 5.41) is 3.73. The number of sulfone groups is 1. The molecule has 2 heterocycles. The number of amides is 1. The van der Waals surface area contributed by atoms with Gasteiger partial charge in [0.1, 0.15) is 0 Å². The molecular formula is C22H24ClNO4S. The second-order valence-electron chi connectivity index (χ2n) is 7.70. The summed E-state index contributed by atoms with van der Waals surface area (Å²) >= 11 is 6.48. The van der Waals surface area contributed by atoms with Crippen LogP contribution in [0.2, 0.25) is 5.02 Å². The Balaban J connectivity index is 1.71. The van der Waals surface area contributed by atoms with Gasteiger partial charge < -0.3 is 10.1 Å². The van der Waals surface area contributed by atoms with Gasteiger partial charge in [-0.15, -0.1) is 0 Å². The highest BCUT2D eigenvalue weighted by Gasteiger charge is 2.44. The van der Waals surface area contributed by atoms with Crippen LogP contribution in [0.1, 0.15) is 42.9 Å². The molecule has 29 heavy (non-hydrogen) atoms. The summed E-state index contributed by atoms with van der Waals surface area (Å²) in [6, 6.07) is 14.1. The van der Waals surface area contributed by atoms with Gasteiger partial charge in [0, 0.05) is 18.2 Å². The molecular weight excluding hydrogens is 410 g/mol. The molecule has 2 aliphatic rings. The first-order valence-corrected chi connectivity index (χ1v) is 11.9. The summed E-state index contributed by atoms with van der Waals surface area (Å²) in [7, 11) is -3.34. The van der Waals surface area contributed by atoms with E-state index >= 15 is 0 Å². The number of carbonyl (C=O) groups is 1. The monoisotopic (exact) mass is 433 g/mol. The van der Waals surface area contributed by atoms with Gasteiger partial charge in [-0.3, -0.25) is 4.79 Å². The van der Waals surface area contributed by atoms with Crippen molar-refractivity contribution in [2.75, 3.05) is 19.0 Å². The molecule has 1 saturated heterocycles. The normalized spacial score (nSPS) is 22.9. The topological polar surface area (TPSA) is 72.5 Å². The number of halogens is 1. The lowest BCUT2D eigenvalue weighted by Gasteiger charge is -2.38. The summed E-state index contributed by atoms with van der Waals surface area (Å²) in [5.41, 5.74) is 0.688. The van der Waals surface area contributed by atoms with E-state index in [0.717, 1.165) is 5.56 Å². The Bertz CT molecular complexity index is 1010. The second-order valence-corrected chi connectivity index (χ2v) is 10.2. The number of benzene rings is 2. The fraction of sp³-hybridized carbons (Fsp3) is 0.409. The van der Waals surface area contributed by atoms with Crippen LogP contribution in [0.25, 0.3) is 0 Å². The highest BCUT2D eigenvalue weighted by molar-refractivity contribution is 7.91. The lowest BCUT2D eigenvalue weighted by molar-refractivity contribution is -0.131. The van der Waals surface area contributed by atoms with Crippen molar-refractivity contribution < 1.29 is 17.9 Å². The van der Waals surface area contributed by atoms with Crippen molar-refractivity contribution in [1.29, 1.82) is 0 Å². The van der Waals surface area contributed by atoms with Crippen LogP contribution in [-0.4, -0.2) is 33.3 Å². The van der Waals surface area contributed by atoms with E-state index in [1.54, 1.807) is 24.3 Å². The standard InChI is InChI=1S/C22H24ClNO4S/c23-18-8-3-2-7-17(18)22(11-13-28-14-12-22)21(25)24-19-9-5-15-29(26,27)20-10-4-1-6-16(19)20/h1-4,6-8,10,19H,5,9,11-15H2,(H,24,25). The van der Waals surface area contributed by atoms with Crippen LogP contribution >= 0.6 is 11.6 Å². The quantitative estimate of drug-likeness (QED) is 0.798. The van der Waals surface area contributed by atoms with Crippen LogP contribution in [-0.2, 0) is 24.8 Å². The fourth-order valence-electron chi connectivity index (χ4n) is 4.43. The number of hydrogen-bond donors (Lipinski definition) is 1. The molecule has 0 aromatic heterocycles. The first-order valence-electron chi connectivity index (χ1n) is 9.89. The average molecular weight is 434 g/mol. The van der Waals surface area contributed by atoms with E-state index in [0.29, 0.717) is 54.4 Å². The van der Waals surface area contributed by atoms with Gasteiger partial charge in [-0.25, -0.2) is 8.42 Å². The van der Waals surface area contributed by atoms with Gasteiger partial charge in [0.15, 0.2) is 9.84 Å². The smallest absolute Gasteiger partial charge is 0.231 e. The van der Waals surface area contributed by atoms with E-state index in [9.17, 15) is 13.2 Å². The highest BCUT2D eigenvalue weighted by atomic mass is 35.5. The molecule has 154 valence electrons. The molecule has 0 bridgehead atoms. The maximum atomic E-state index is 13.6. The molecule has 5 nitrogen and oxygen atoms in total. The maximum absolute atomic E-state index is 13.6. The average Bonchev–Trinajstić information content (AvgIpc) is 2.85. The van der Waals surface area contributed by atoms with Gasteiger partial charge in [-0.1, -0.05) is 48.0 Å². The molecule has 1 amide bonds. The summed E-state index contributed by atoms with van der Waals surface area (Å²) in [6.07, 6.45) is 2.16. The van der Waals surface area contributed by atoms with E-state index < -0.39 is 15.3 Å². The van der Waals surface area contributed by atoms with Crippen LogP contribution in [0.4, 0.5) is 0 Å². The number of hydrogen-bond acceptors (Lipinski definition) is 4. The predicted molar refractivity (Wildman–Crippen MR) is 112 cm³/mol. The van der Waals surface area contributed by atoms with Crippen LogP contribution in [0.15, 0.2) is 53.4 Å². The summed E-state index contributed by atoms with van der Waals surface area (Å²) in [5.74, 6) is -0.0205. The minimum absolute atomic E-state index is 0.0971. The minimum Gasteiger partial charge on any atom is -0.381 e. The Morgan fingerprint density at radius 2 is 1.76 bits per heavy atom. The van der Waals surface area contributed by atoms with Crippen molar-refractivity contribution in [3.05, 3.63) is 64.7 Å². The Labute approximate surface area is 176 Å². The Kier molecular flexibility index (Phi) is 5.69. The van der Waals surface area contributed by atoms with Gasteiger partial charge in [0.2, 0.25) is 5.91 Å². The van der Waals surface area contributed by atoms with Gasteiger partial charge in [0.05, 0.1) is 22.1 Å². The zero-order valence-corrected chi connectivity index (χ0v) is 17.6. The molecule has 0 radical (unpaired) electrons. The van der Waals surface area contributed by atoms with Gasteiger partial charge in [-0.2, -0.15) is 0 Å². The SMILES string of the molecule is O=C(NC1CCCS(=O)(=O)c2ccccc21)C1(c2ccccc2Cl)CCOCC1. The molecule has 2 aromatic rings. The van der Waals surface area contributed by atoms with Gasteiger partial charge >= 0.3 is 0 Å². The summed E-state index contributed by atoms with van der Waals surface area (Å²) in [6.45, 7) is 0.961. The number of ether oxygens (including phenoxy) is 1. The first kappa shape index (κ1) is 20.4. The zero-order valence-electron chi connectivity index (χ0n) is 16.1. The van der Waals surface area contributed by atoms with E-state index in [2.05, 4.69) is 5.32 Å². The number of rotatable bonds is 3. The highest BCUT2D eigenvalue weighted by Crippen LogP contribution is 2.40. The maximum Gasteiger partial charge on any atom is 0.231 e. The number of fused-ring (bicyclic) bond motifs is 1. The fourth-order valence-corrected chi connectivity index (χ4v) is 6.37. The Morgan fingerprint density at radius 1 is 1.07 bits per heavy atom. The van der Waals surface area contributed by atoms with Crippen molar-refractivity contribution in [2.24, 2.45) is 0 Å². The lowest BCUT2D eigenvalue weighted by atomic mass is 9.73. The molecule has 1 N–H and O–H groups in total. The molecule has 0 saturated carbocycles.